The Morgan fingerprint density at radius 2 is 2.05 bits per heavy atom. The smallest absolute Gasteiger partial charge is 0.276 e. The van der Waals surface area contributed by atoms with Crippen molar-refractivity contribution < 1.29 is 4.79 Å². The number of benzene rings is 1. The SMILES string of the molecule is O=C(c1ccc(NC2CC2)cn1)N1CCCc2ccccc21. The zero-order chi connectivity index (χ0) is 14.9. The van der Waals surface area contributed by atoms with Gasteiger partial charge in [0, 0.05) is 18.3 Å². The number of rotatable bonds is 3. The first kappa shape index (κ1) is 13.3. The Labute approximate surface area is 130 Å². The Kier molecular flexibility index (Phi) is 3.29. The zero-order valence-corrected chi connectivity index (χ0v) is 12.5. The van der Waals surface area contributed by atoms with Crippen LogP contribution in [0.4, 0.5) is 11.4 Å². The lowest BCUT2D eigenvalue weighted by Gasteiger charge is -2.29. The number of hydrogen-bond donors (Lipinski definition) is 1. The van der Waals surface area contributed by atoms with E-state index in [-0.39, 0.29) is 5.91 Å². The number of fused-ring (bicyclic) bond motifs is 1. The lowest BCUT2D eigenvalue weighted by atomic mass is 10.0. The highest BCUT2D eigenvalue weighted by Crippen LogP contribution is 2.28. The molecule has 2 aromatic rings. The van der Waals surface area contributed by atoms with Crippen molar-refractivity contribution in [2.45, 2.75) is 31.7 Å². The average molecular weight is 293 g/mol. The molecule has 1 N–H and O–H groups in total. The summed E-state index contributed by atoms with van der Waals surface area (Å²) >= 11 is 0. The number of hydrogen-bond acceptors (Lipinski definition) is 3. The molecule has 2 aliphatic rings. The summed E-state index contributed by atoms with van der Waals surface area (Å²) in [6.45, 7) is 0.763. The van der Waals surface area contributed by atoms with Crippen molar-refractivity contribution in [1.82, 2.24) is 4.98 Å². The Balaban J connectivity index is 1.56. The molecule has 1 aliphatic carbocycles. The molecule has 0 atom stereocenters. The van der Waals surface area contributed by atoms with Gasteiger partial charge in [-0.15, -0.1) is 0 Å². The van der Waals surface area contributed by atoms with E-state index in [0.717, 1.165) is 30.8 Å². The van der Waals surface area contributed by atoms with Crippen LogP contribution >= 0.6 is 0 Å². The molecule has 22 heavy (non-hydrogen) atoms. The van der Waals surface area contributed by atoms with E-state index in [1.54, 1.807) is 6.20 Å². The predicted molar refractivity (Wildman–Crippen MR) is 87.3 cm³/mol. The van der Waals surface area contributed by atoms with E-state index >= 15 is 0 Å². The maximum atomic E-state index is 12.8. The maximum absolute atomic E-state index is 12.8. The quantitative estimate of drug-likeness (QED) is 0.945. The summed E-state index contributed by atoms with van der Waals surface area (Å²) in [5.74, 6) is -0.00915. The fraction of sp³-hybridized carbons (Fsp3) is 0.333. The summed E-state index contributed by atoms with van der Waals surface area (Å²) in [4.78, 5) is 19.0. The van der Waals surface area contributed by atoms with Crippen LogP contribution in [-0.4, -0.2) is 23.5 Å². The normalized spacial score (nSPS) is 17.0. The second kappa shape index (κ2) is 5.44. The van der Waals surface area contributed by atoms with Gasteiger partial charge in [0.15, 0.2) is 0 Å². The number of anilines is 2. The number of carbonyl (C=O) groups excluding carboxylic acids is 1. The third kappa shape index (κ3) is 2.56. The number of nitrogens with one attached hydrogen (secondary N) is 1. The third-order valence-electron chi connectivity index (χ3n) is 4.29. The van der Waals surface area contributed by atoms with E-state index < -0.39 is 0 Å². The van der Waals surface area contributed by atoms with Gasteiger partial charge in [-0.1, -0.05) is 18.2 Å². The molecule has 1 amide bonds. The Hall–Kier alpha value is -2.36. The summed E-state index contributed by atoms with van der Waals surface area (Å²) in [6, 6.07) is 12.5. The van der Waals surface area contributed by atoms with Crippen LogP contribution < -0.4 is 10.2 Å². The topological polar surface area (TPSA) is 45.2 Å². The van der Waals surface area contributed by atoms with Gasteiger partial charge in [-0.25, -0.2) is 4.98 Å². The van der Waals surface area contributed by atoms with Crippen molar-refractivity contribution in [3.8, 4) is 0 Å². The molecule has 4 heteroatoms. The molecule has 0 saturated heterocycles. The minimum Gasteiger partial charge on any atom is -0.381 e. The molecule has 1 aliphatic heterocycles. The molecular formula is C18H19N3O. The molecule has 4 rings (SSSR count). The Morgan fingerprint density at radius 3 is 2.82 bits per heavy atom. The van der Waals surface area contributed by atoms with E-state index in [1.807, 2.05) is 35.2 Å². The highest BCUT2D eigenvalue weighted by molar-refractivity contribution is 6.05. The molecule has 1 aromatic carbocycles. The first-order valence-corrected chi connectivity index (χ1v) is 7.93. The first-order valence-electron chi connectivity index (χ1n) is 7.93. The van der Waals surface area contributed by atoms with Gasteiger partial charge in [0.1, 0.15) is 5.69 Å². The van der Waals surface area contributed by atoms with Gasteiger partial charge in [-0.3, -0.25) is 4.79 Å². The summed E-state index contributed by atoms with van der Waals surface area (Å²) < 4.78 is 0. The van der Waals surface area contributed by atoms with Crippen LogP contribution in [0.2, 0.25) is 0 Å². The number of aromatic nitrogens is 1. The van der Waals surface area contributed by atoms with Crippen LogP contribution in [0.15, 0.2) is 42.6 Å². The second-order valence-electron chi connectivity index (χ2n) is 6.04. The number of para-hydroxylation sites is 1. The maximum Gasteiger partial charge on any atom is 0.276 e. The zero-order valence-electron chi connectivity index (χ0n) is 12.5. The lowest BCUT2D eigenvalue weighted by Crippen LogP contribution is -2.35. The summed E-state index contributed by atoms with van der Waals surface area (Å²) in [6.07, 6.45) is 6.26. The molecule has 2 heterocycles. The molecule has 1 aromatic heterocycles. The van der Waals surface area contributed by atoms with Crippen LogP contribution in [0, 0.1) is 0 Å². The van der Waals surface area contributed by atoms with E-state index in [2.05, 4.69) is 16.4 Å². The minimum atomic E-state index is -0.00915. The fourth-order valence-corrected chi connectivity index (χ4v) is 2.95. The van der Waals surface area contributed by atoms with E-state index in [1.165, 1.54) is 18.4 Å². The van der Waals surface area contributed by atoms with Crippen molar-refractivity contribution in [2.75, 3.05) is 16.8 Å². The monoisotopic (exact) mass is 293 g/mol. The predicted octanol–water partition coefficient (Wildman–Crippen LogP) is 3.25. The molecule has 1 saturated carbocycles. The molecule has 1 fully saturated rings. The first-order chi connectivity index (χ1) is 10.8. The van der Waals surface area contributed by atoms with Crippen LogP contribution in [0.25, 0.3) is 0 Å². The van der Waals surface area contributed by atoms with E-state index in [9.17, 15) is 4.79 Å². The number of aryl methyl sites for hydroxylation is 1. The average Bonchev–Trinajstić information content (AvgIpc) is 3.38. The van der Waals surface area contributed by atoms with Crippen LogP contribution in [-0.2, 0) is 6.42 Å². The largest absolute Gasteiger partial charge is 0.381 e. The van der Waals surface area contributed by atoms with Crippen LogP contribution in [0.1, 0.15) is 35.3 Å². The molecule has 0 radical (unpaired) electrons. The molecular weight excluding hydrogens is 274 g/mol. The molecule has 0 spiro atoms. The van der Waals surface area contributed by atoms with Crippen molar-refractivity contribution >= 4 is 17.3 Å². The van der Waals surface area contributed by atoms with Gasteiger partial charge in [0.2, 0.25) is 0 Å². The second-order valence-corrected chi connectivity index (χ2v) is 6.04. The van der Waals surface area contributed by atoms with E-state index in [0.29, 0.717) is 11.7 Å². The Bertz CT molecular complexity index is 692. The van der Waals surface area contributed by atoms with Gasteiger partial charge in [-0.05, 0) is 49.4 Å². The lowest BCUT2D eigenvalue weighted by molar-refractivity contribution is 0.0980. The number of nitrogens with zero attached hydrogens (tertiary/aromatic N) is 2. The van der Waals surface area contributed by atoms with Crippen molar-refractivity contribution in [2.24, 2.45) is 0 Å². The van der Waals surface area contributed by atoms with E-state index in [4.69, 9.17) is 0 Å². The van der Waals surface area contributed by atoms with Gasteiger partial charge >= 0.3 is 0 Å². The molecule has 0 unspecified atom stereocenters. The van der Waals surface area contributed by atoms with Gasteiger partial charge in [0.05, 0.1) is 11.9 Å². The summed E-state index contributed by atoms with van der Waals surface area (Å²) in [5, 5.41) is 3.39. The highest BCUT2D eigenvalue weighted by atomic mass is 16.2. The van der Waals surface area contributed by atoms with Gasteiger partial charge < -0.3 is 10.2 Å². The molecule has 4 nitrogen and oxygen atoms in total. The van der Waals surface area contributed by atoms with Crippen molar-refractivity contribution in [1.29, 1.82) is 0 Å². The summed E-state index contributed by atoms with van der Waals surface area (Å²) in [5.41, 5.74) is 3.78. The molecule has 0 bridgehead atoms. The van der Waals surface area contributed by atoms with Gasteiger partial charge in [0.25, 0.3) is 5.91 Å². The van der Waals surface area contributed by atoms with Gasteiger partial charge in [-0.2, -0.15) is 0 Å². The van der Waals surface area contributed by atoms with Crippen LogP contribution in [0.3, 0.4) is 0 Å². The Morgan fingerprint density at radius 1 is 1.18 bits per heavy atom. The van der Waals surface area contributed by atoms with Crippen molar-refractivity contribution in [3.63, 3.8) is 0 Å². The van der Waals surface area contributed by atoms with Crippen molar-refractivity contribution in [3.05, 3.63) is 53.9 Å². The fourth-order valence-electron chi connectivity index (χ4n) is 2.95. The number of carbonyl (C=O) groups is 1. The number of pyridine rings is 1. The minimum absolute atomic E-state index is 0.00915. The highest BCUT2D eigenvalue weighted by Gasteiger charge is 2.24. The summed E-state index contributed by atoms with van der Waals surface area (Å²) in [7, 11) is 0. The standard InChI is InChI=1S/C18H19N3O/c22-18(16-10-9-15(12-19-16)20-14-7-8-14)21-11-3-5-13-4-1-2-6-17(13)21/h1-2,4,6,9-10,12,14,20H,3,5,7-8,11H2. The third-order valence-corrected chi connectivity index (χ3v) is 4.29. The number of amides is 1. The van der Waals surface area contributed by atoms with Crippen LogP contribution in [0.5, 0.6) is 0 Å². The molecule has 112 valence electrons.